The molecule has 0 radical (unpaired) electrons. The van der Waals surface area contributed by atoms with Gasteiger partial charge in [0.2, 0.25) is 10.0 Å². The van der Waals surface area contributed by atoms with Crippen molar-refractivity contribution >= 4 is 21.8 Å². The molecule has 3 aromatic rings. The highest BCUT2D eigenvalue weighted by Crippen LogP contribution is 2.21. The number of hydrogen-bond donors (Lipinski definition) is 1. The molecule has 2 N–H and O–H groups in total. The van der Waals surface area contributed by atoms with Gasteiger partial charge in [0.1, 0.15) is 5.75 Å². The molecule has 0 aliphatic rings. The topological polar surface area (TPSA) is 87.2 Å². The van der Waals surface area contributed by atoms with E-state index in [1.54, 1.807) is 30.1 Å². The average Bonchev–Trinajstić information content (AvgIpc) is 3.07. The Morgan fingerprint density at radius 2 is 1.96 bits per heavy atom. The summed E-state index contributed by atoms with van der Waals surface area (Å²) < 4.78 is 30.1. The van der Waals surface area contributed by atoms with Crippen molar-refractivity contribution in [2.45, 2.75) is 17.0 Å². The van der Waals surface area contributed by atoms with Crippen molar-refractivity contribution in [2.75, 3.05) is 12.4 Å². The van der Waals surface area contributed by atoms with Crippen LogP contribution in [0, 0.1) is 6.92 Å². The SMILES string of the molecule is Cc1cccc(-n2ccnc2SCCOc2ccc(S(N)(=O)=O)cc2)c1. The molecule has 1 heterocycles. The summed E-state index contributed by atoms with van der Waals surface area (Å²) in [5, 5.41) is 5.97. The fourth-order valence-electron chi connectivity index (χ4n) is 2.39. The van der Waals surface area contributed by atoms with Crippen LogP contribution in [-0.2, 0) is 10.0 Å². The minimum absolute atomic E-state index is 0.0689. The zero-order chi connectivity index (χ0) is 18.6. The second-order valence-electron chi connectivity index (χ2n) is 5.63. The fraction of sp³-hybridized carbons (Fsp3) is 0.167. The van der Waals surface area contributed by atoms with E-state index >= 15 is 0 Å². The van der Waals surface area contributed by atoms with E-state index in [1.165, 1.54) is 17.7 Å². The summed E-state index contributed by atoms with van der Waals surface area (Å²) in [6, 6.07) is 14.3. The third-order valence-corrected chi connectivity index (χ3v) is 5.48. The molecule has 0 aliphatic carbocycles. The Hall–Kier alpha value is -2.29. The number of rotatable bonds is 7. The summed E-state index contributed by atoms with van der Waals surface area (Å²) in [7, 11) is -3.68. The van der Waals surface area contributed by atoms with Crippen LogP contribution >= 0.6 is 11.8 Å². The summed E-state index contributed by atoms with van der Waals surface area (Å²) >= 11 is 1.59. The molecule has 8 heteroatoms. The number of hydrogen-bond acceptors (Lipinski definition) is 5. The second kappa shape index (κ2) is 7.94. The quantitative estimate of drug-likeness (QED) is 0.496. The van der Waals surface area contributed by atoms with Crippen LogP contribution in [0.2, 0.25) is 0 Å². The van der Waals surface area contributed by atoms with E-state index in [1.807, 2.05) is 22.9 Å². The number of aryl methyl sites for hydroxylation is 1. The van der Waals surface area contributed by atoms with Crippen LogP contribution in [0.25, 0.3) is 5.69 Å². The molecular weight excluding hydrogens is 370 g/mol. The predicted molar refractivity (Wildman–Crippen MR) is 102 cm³/mol. The van der Waals surface area contributed by atoms with Gasteiger partial charge in [-0.1, -0.05) is 23.9 Å². The Morgan fingerprint density at radius 1 is 1.19 bits per heavy atom. The van der Waals surface area contributed by atoms with Gasteiger partial charge < -0.3 is 4.74 Å². The van der Waals surface area contributed by atoms with Gasteiger partial charge in [-0.15, -0.1) is 0 Å². The molecule has 0 unspecified atom stereocenters. The highest BCUT2D eigenvalue weighted by molar-refractivity contribution is 7.99. The van der Waals surface area contributed by atoms with Crippen molar-refractivity contribution in [2.24, 2.45) is 5.14 Å². The molecule has 0 bridgehead atoms. The molecule has 1 aromatic heterocycles. The summed E-state index contributed by atoms with van der Waals surface area (Å²) in [5.74, 6) is 1.31. The molecule has 6 nitrogen and oxygen atoms in total. The number of nitrogens with two attached hydrogens (primary N) is 1. The number of ether oxygens (including phenoxy) is 1. The van der Waals surface area contributed by atoms with E-state index in [-0.39, 0.29) is 4.90 Å². The van der Waals surface area contributed by atoms with Crippen LogP contribution in [-0.4, -0.2) is 30.3 Å². The van der Waals surface area contributed by atoms with Gasteiger partial charge in [-0.2, -0.15) is 0 Å². The maximum absolute atomic E-state index is 11.2. The Kier molecular flexibility index (Phi) is 5.65. The zero-order valence-electron chi connectivity index (χ0n) is 14.2. The molecule has 0 spiro atoms. The number of sulfonamides is 1. The van der Waals surface area contributed by atoms with Gasteiger partial charge in [-0.25, -0.2) is 18.5 Å². The van der Waals surface area contributed by atoms with E-state index in [9.17, 15) is 8.42 Å². The number of aromatic nitrogens is 2. The van der Waals surface area contributed by atoms with Crippen molar-refractivity contribution in [1.29, 1.82) is 0 Å². The van der Waals surface area contributed by atoms with Crippen LogP contribution in [0.5, 0.6) is 5.75 Å². The largest absolute Gasteiger partial charge is 0.493 e. The first-order valence-corrected chi connectivity index (χ1v) is 10.5. The average molecular weight is 390 g/mol. The standard InChI is InChI=1S/C18H19N3O3S2/c1-14-3-2-4-15(13-14)21-10-9-20-18(21)25-12-11-24-16-5-7-17(8-6-16)26(19,22)23/h2-10,13H,11-12H2,1H3,(H2,19,22,23). The third kappa shape index (κ3) is 4.66. The highest BCUT2D eigenvalue weighted by Gasteiger charge is 2.08. The lowest BCUT2D eigenvalue weighted by Gasteiger charge is -2.09. The molecule has 0 saturated carbocycles. The molecule has 2 aromatic carbocycles. The Morgan fingerprint density at radius 3 is 2.65 bits per heavy atom. The molecule has 0 atom stereocenters. The van der Waals surface area contributed by atoms with Crippen molar-refractivity contribution in [3.05, 3.63) is 66.5 Å². The second-order valence-corrected chi connectivity index (χ2v) is 8.26. The molecule has 26 heavy (non-hydrogen) atoms. The molecular formula is C18H19N3O3S2. The van der Waals surface area contributed by atoms with Crippen molar-refractivity contribution in [3.63, 3.8) is 0 Å². The number of primary sulfonamides is 1. The normalized spacial score (nSPS) is 11.5. The Labute approximate surface area is 157 Å². The van der Waals surface area contributed by atoms with E-state index in [0.717, 1.165) is 10.8 Å². The lowest BCUT2D eigenvalue weighted by Crippen LogP contribution is -2.11. The first-order valence-electron chi connectivity index (χ1n) is 7.92. The minimum atomic E-state index is -3.68. The van der Waals surface area contributed by atoms with Gasteiger partial charge >= 0.3 is 0 Å². The highest BCUT2D eigenvalue weighted by atomic mass is 32.2. The molecule has 0 aliphatic heterocycles. The third-order valence-electron chi connectivity index (χ3n) is 3.62. The molecule has 0 saturated heterocycles. The first kappa shape index (κ1) is 18.5. The molecule has 0 amide bonds. The van der Waals surface area contributed by atoms with Crippen LogP contribution in [0.4, 0.5) is 0 Å². The Bertz CT molecular complexity index is 983. The maximum Gasteiger partial charge on any atom is 0.238 e. The monoisotopic (exact) mass is 389 g/mol. The number of imidazole rings is 1. The lowest BCUT2D eigenvalue weighted by molar-refractivity contribution is 0.343. The van der Waals surface area contributed by atoms with Gasteiger partial charge in [-0.3, -0.25) is 4.57 Å². The fourth-order valence-corrected chi connectivity index (χ4v) is 3.69. The van der Waals surface area contributed by atoms with Gasteiger partial charge in [0.15, 0.2) is 5.16 Å². The molecule has 136 valence electrons. The van der Waals surface area contributed by atoms with Gasteiger partial charge in [-0.05, 0) is 48.9 Å². The van der Waals surface area contributed by atoms with E-state index in [2.05, 4.69) is 24.0 Å². The molecule has 3 rings (SSSR count). The summed E-state index contributed by atoms with van der Waals surface area (Å²) in [6.45, 7) is 2.53. The van der Waals surface area contributed by atoms with Crippen LogP contribution < -0.4 is 9.88 Å². The molecule has 0 fully saturated rings. The van der Waals surface area contributed by atoms with Crippen molar-refractivity contribution in [1.82, 2.24) is 9.55 Å². The smallest absolute Gasteiger partial charge is 0.238 e. The number of nitrogens with zero attached hydrogens (tertiary/aromatic N) is 2. The minimum Gasteiger partial charge on any atom is -0.493 e. The zero-order valence-corrected chi connectivity index (χ0v) is 15.8. The van der Waals surface area contributed by atoms with E-state index < -0.39 is 10.0 Å². The van der Waals surface area contributed by atoms with E-state index in [0.29, 0.717) is 18.1 Å². The van der Waals surface area contributed by atoms with Crippen LogP contribution in [0.1, 0.15) is 5.56 Å². The van der Waals surface area contributed by atoms with E-state index in [4.69, 9.17) is 9.88 Å². The number of benzene rings is 2. The van der Waals surface area contributed by atoms with Crippen LogP contribution in [0.3, 0.4) is 0 Å². The van der Waals surface area contributed by atoms with Crippen molar-refractivity contribution in [3.8, 4) is 11.4 Å². The van der Waals surface area contributed by atoms with Gasteiger partial charge in [0, 0.05) is 23.8 Å². The summed E-state index contributed by atoms with van der Waals surface area (Å²) in [4.78, 5) is 4.46. The van der Waals surface area contributed by atoms with Crippen LogP contribution in [0.15, 0.2) is 71.0 Å². The predicted octanol–water partition coefficient (Wildman–Crippen LogP) is 3.00. The lowest BCUT2D eigenvalue weighted by atomic mass is 10.2. The Balaban J connectivity index is 1.56. The number of thioether (sulfide) groups is 1. The maximum atomic E-state index is 11.2. The summed E-state index contributed by atoms with van der Waals surface area (Å²) in [5.41, 5.74) is 2.27. The van der Waals surface area contributed by atoms with Crippen molar-refractivity contribution < 1.29 is 13.2 Å². The van der Waals surface area contributed by atoms with Gasteiger partial charge in [0.05, 0.1) is 11.5 Å². The first-order chi connectivity index (χ1) is 12.4. The summed E-state index contributed by atoms with van der Waals surface area (Å²) in [6.07, 6.45) is 3.71. The van der Waals surface area contributed by atoms with Gasteiger partial charge in [0.25, 0.3) is 0 Å².